The van der Waals surface area contributed by atoms with Crippen LogP contribution in [0.2, 0.25) is 0 Å². The maximum atomic E-state index is 10.7. The third kappa shape index (κ3) is 4.46. The molecule has 3 N–H and O–H groups in total. The van der Waals surface area contributed by atoms with Crippen LogP contribution in [0.25, 0.3) is 0 Å². The molecule has 0 aromatic carbocycles. The molecule has 0 saturated heterocycles. The summed E-state index contributed by atoms with van der Waals surface area (Å²) in [4.78, 5) is 41.5. The van der Waals surface area contributed by atoms with Gasteiger partial charge in [0.2, 0.25) is 17.3 Å². The average molecular weight is 326 g/mol. The minimum atomic E-state index is -1.38. The topological polar surface area (TPSA) is 164 Å². The molecule has 0 amide bonds. The Morgan fingerprint density at radius 1 is 0.913 bits per heavy atom. The Labute approximate surface area is 127 Å². The first-order valence-corrected chi connectivity index (χ1v) is 5.73. The number of carbonyl (C=O) groups excluding carboxylic acids is 1. The number of carboxylic acids is 3. The number of ether oxygens (including phenoxy) is 1. The van der Waals surface area contributed by atoms with Crippen molar-refractivity contribution in [3.05, 3.63) is 47.3 Å². The van der Waals surface area contributed by atoms with Crippen molar-refractivity contribution in [3.8, 4) is 0 Å². The van der Waals surface area contributed by atoms with Gasteiger partial charge in [-0.2, -0.15) is 0 Å². The summed E-state index contributed by atoms with van der Waals surface area (Å²) in [7, 11) is 1.19. The van der Waals surface area contributed by atoms with Gasteiger partial charge in [-0.15, -0.1) is 0 Å². The van der Waals surface area contributed by atoms with Crippen LogP contribution < -0.4 is 0 Å². The van der Waals surface area contributed by atoms with Gasteiger partial charge in [0.25, 0.3) is 0 Å². The predicted octanol–water partition coefficient (Wildman–Crippen LogP) is 1.44. The van der Waals surface area contributed by atoms with E-state index in [0.29, 0.717) is 0 Å². The molecule has 0 aliphatic carbocycles. The lowest BCUT2D eigenvalue weighted by Gasteiger charge is -1.91. The molecule has 0 unspecified atom stereocenters. The molecule has 122 valence electrons. The molecule has 10 nitrogen and oxygen atoms in total. The molecule has 23 heavy (non-hydrogen) atoms. The van der Waals surface area contributed by atoms with Crippen LogP contribution >= 0.6 is 0 Å². The van der Waals surface area contributed by atoms with Crippen molar-refractivity contribution in [3.63, 3.8) is 0 Å². The van der Waals surface area contributed by atoms with E-state index in [1.54, 1.807) is 0 Å². The van der Waals surface area contributed by atoms with Crippen LogP contribution in [0.4, 0.5) is 0 Å². The lowest BCUT2D eigenvalue weighted by atomic mass is 10.2. The third-order valence-corrected chi connectivity index (χ3v) is 2.29. The number of aromatic carboxylic acids is 3. The highest BCUT2D eigenvalue weighted by molar-refractivity contribution is 5.99. The van der Waals surface area contributed by atoms with E-state index in [1.807, 2.05) is 0 Å². The van der Waals surface area contributed by atoms with Gasteiger partial charge in [0, 0.05) is 0 Å². The SMILES string of the molecule is COC(=O)c1ccc(C(=O)O)o1.O=C(O)c1ccoc1C(=O)O. The Kier molecular flexibility index (Phi) is 5.66. The maximum Gasteiger partial charge on any atom is 0.373 e. The van der Waals surface area contributed by atoms with Crippen molar-refractivity contribution in [2.75, 3.05) is 7.11 Å². The minimum absolute atomic E-state index is 0.116. The number of esters is 1. The summed E-state index contributed by atoms with van der Waals surface area (Å²) in [6.45, 7) is 0. The van der Waals surface area contributed by atoms with E-state index in [0.717, 1.165) is 12.3 Å². The Morgan fingerprint density at radius 3 is 1.91 bits per heavy atom. The fourth-order valence-corrected chi connectivity index (χ4v) is 1.31. The number of hydrogen-bond donors (Lipinski definition) is 3. The molecule has 0 atom stereocenters. The second-order valence-corrected chi connectivity index (χ2v) is 3.73. The largest absolute Gasteiger partial charge is 0.478 e. The number of carbonyl (C=O) groups is 4. The van der Waals surface area contributed by atoms with Crippen molar-refractivity contribution in [2.24, 2.45) is 0 Å². The quantitative estimate of drug-likeness (QED) is 0.700. The summed E-state index contributed by atoms with van der Waals surface area (Å²) in [5.74, 6) is -5.54. The highest BCUT2D eigenvalue weighted by atomic mass is 16.5. The fraction of sp³-hybridized carbons (Fsp3) is 0.0769. The molecular weight excluding hydrogens is 316 g/mol. The van der Waals surface area contributed by atoms with E-state index in [2.05, 4.69) is 13.6 Å². The second-order valence-electron chi connectivity index (χ2n) is 3.73. The van der Waals surface area contributed by atoms with E-state index in [4.69, 9.17) is 15.3 Å². The smallest absolute Gasteiger partial charge is 0.373 e. The van der Waals surface area contributed by atoms with Crippen LogP contribution in [0.5, 0.6) is 0 Å². The molecule has 10 heteroatoms. The predicted molar refractivity (Wildman–Crippen MR) is 69.6 cm³/mol. The maximum absolute atomic E-state index is 10.7. The Balaban J connectivity index is 0.000000231. The van der Waals surface area contributed by atoms with Crippen molar-refractivity contribution < 1.29 is 48.1 Å². The molecular formula is C13H10O10. The standard InChI is InChI=1S/C7H6O5.C6H4O5/c1-11-7(10)5-3-2-4(12-5)6(8)9;7-5(8)3-1-2-11-4(3)6(9)10/h2-3H,1H3,(H,8,9);1-2H,(H,7,8)(H,9,10). The number of methoxy groups -OCH3 is 1. The van der Waals surface area contributed by atoms with Gasteiger partial charge in [-0.3, -0.25) is 0 Å². The van der Waals surface area contributed by atoms with Crippen LogP contribution in [-0.2, 0) is 4.74 Å². The van der Waals surface area contributed by atoms with E-state index in [1.165, 1.54) is 19.2 Å². The summed E-state index contributed by atoms with van der Waals surface area (Å²) in [5, 5.41) is 25.1. The zero-order valence-electron chi connectivity index (χ0n) is 11.5. The molecule has 0 bridgehead atoms. The van der Waals surface area contributed by atoms with E-state index in [-0.39, 0.29) is 17.1 Å². The van der Waals surface area contributed by atoms with Crippen molar-refractivity contribution >= 4 is 23.9 Å². The highest BCUT2D eigenvalue weighted by Crippen LogP contribution is 2.09. The first-order valence-electron chi connectivity index (χ1n) is 5.73. The summed E-state index contributed by atoms with van der Waals surface area (Å²) >= 11 is 0. The number of hydrogen-bond acceptors (Lipinski definition) is 7. The molecule has 2 heterocycles. The monoisotopic (exact) mass is 326 g/mol. The zero-order chi connectivity index (χ0) is 17.6. The van der Waals surface area contributed by atoms with Crippen molar-refractivity contribution in [1.82, 2.24) is 0 Å². The minimum Gasteiger partial charge on any atom is -0.478 e. The average Bonchev–Trinajstić information content (AvgIpc) is 3.15. The van der Waals surface area contributed by atoms with E-state index < -0.39 is 29.6 Å². The van der Waals surface area contributed by atoms with Gasteiger partial charge in [0.05, 0.1) is 13.4 Å². The van der Waals surface area contributed by atoms with Gasteiger partial charge in [-0.1, -0.05) is 0 Å². The van der Waals surface area contributed by atoms with Crippen LogP contribution in [-0.4, -0.2) is 46.3 Å². The number of furan rings is 2. The van der Waals surface area contributed by atoms with Gasteiger partial charge in [-0.25, -0.2) is 19.2 Å². The van der Waals surface area contributed by atoms with E-state index >= 15 is 0 Å². The first-order chi connectivity index (χ1) is 10.8. The molecule has 0 radical (unpaired) electrons. The molecule has 0 fully saturated rings. The molecule has 2 rings (SSSR count). The van der Waals surface area contributed by atoms with Gasteiger partial charge >= 0.3 is 23.9 Å². The summed E-state index contributed by atoms with van der Waals surface area (Å²) in [6, 6.07) is 3.52. The van der Waals surface area contributed by atoms with E-state index in [9.17, 15) is 19.2 Å². The van der Waals surface area contributed by atoms with Gasteiger partial charge in [-0.05, 0) is 18.2 Å². The van der Waals surface area contributed by atoms with Crippen LogP contribution in [0.3, 0.4) is 0 Å². The normalized spacial score (nSPS) is 9.43. The van der Waals surface area contributed by atoms with Crippen LogP contribution in [0, 0.1) is 0 Å². The van der Waals surface area contributed by atoms with Crippen molar-refractivity contribution in [2.45, 2.75) is 0 Å². The van der Waals surface area contributed by atoms with Gasteiger partial charge in [0.1, 0.15) is 5.56 Å². The molecule has 0 aliphatic heterocycles. The first kappa shape index (κ1) is 17.5. The van der Waals surface area contributed by atoms with Gasteiger partial charge in [0.15, 0.2) is 0 Å². The lowest BCUT2D eigenvalue weighted by molar-refractivity contribution is 0.0553. The van der Waals surface area contributed by atoms with Crippen LogP contribution in [0.15, 0.2) is 33.3 Å². The van der Waals surface area contributed by atoms with Gasteiger partial charge < -0.3 is 28.9 Å². The Hall–Kier alpha value is -3.56. The molecule has 2 aromatic rings. The second kappa shape index (κ2) is 7.45. The lowest BCUT2D eigenvalue weighted by Crippen LogP contribution is -2.03. The molecule has 0 spiro atoms. The molecule has 0 saturated carbocycles. The third-order valence-electron chi connectivity index (χ3n) is 2.29. The number of carboxylic acid groups (broad SMARTS) is 3. The molecule has 2 aromatic heterocycles. The zero-order valence-corrected chi connectivity index (χ0v) is 11.5. The van der Waals surface area contributed by atoms with Crippen LogP contribution in [0.1, 0.15) is 42.0 Å². The number of rotatable bonds is 4. The summed E-state index contributed by atoms with van der Waals surface area (Å²) in [6.07, 6.45) is 1.02. The summed E-state index contributed by atoms with van der Waals surface area (Å²) in [5.41, 5.74) is -0.336. The van der Waals surface area contributed by atoms with Crippen molar-refractivity contribution in [1.29, 1.82) is 0 Å². The Bertz CT molecular complexity index is 707. The fourth-order valence-electron chi connectivity index (χ4n) is 1.31. The Morgan fingerprint density at radius 2 is 1.52 bits per heavy atom. The highest BCUT2D eigenvalue weighted by Gasteiger charge is 2.18. The summed E-state index contributed by atoms with van der Waals surface area (Å²) < 4.78 is 13.3. The molecule has 0 aliphatic rings.